The van der Waals surface area contributed by atoms with E-state index >= 15 is 0 Å². The Morgan fingerprint density at radius 2 is 2.00 bits per heavy atom. The summed E-state index contributed by atoms with van der Waals surface area (Å²) in [5, 5.41) is 8.86. The second-order valence-corrected chi connectivity index (χ2v) is 4.29. The molecule has 4 heteroatoms. The van der Waals surface area contributed by atoms with Crippen LogP contribution in [-0.2, 0) is 9.47 Å². The zero-order valence-electron chi connectivity index (χ0n) is 9.23. The van der Waals surface area contributed by atoms with Gasteiger partial charge in [-0.1, -0.05) is 6.42 Å². The maximum absolute atomic E-state index is 8.86. The smallest absolute Gasteiger partial charge is 0.173 e. The van der Waals surface area contributed by atoms with E-state index in [9.17, 15) is 0 Å². The van der Waals surface area contributed by atoms with Crippen LogP contribution in [0.3, 0.4) is 0 Å². The lowest BCUT2D eigenvalue weighted by Crippen LogP contribution is -2.47. The van der Waals surface area contributed by atoms with Gasteiger partial charge in [0.25, 0.3) is 0 Å². The van der Waals surface area contributed by atoms with Gasteiger partial charge in [-0.15, -0.1) is 0 Å². The fourth-order valence-electron chi connectivity index (χ4n) is 2.48. The molecule has 0 amide bonds. The first-order chi connectivity index (χ1) is 7.42. The Kier molecular flexibility index (Phi) is 4.38. The molecule has 2 heterocycles. The van der Waals surface area contributed by atoms with Crippen LogP contribution in [-0.4, -0.2) is 55.2 Å². The third kappa shape index (κ3) is 2.91. The molecular weight excluding hydrogens is 194 g/mol. The van der Waals surface area contributed by atoms with Gasteiger partial charge in [-0.05, 0) is 25.8 Å². The molecule has 1 atom stereocenters. The van der Waals surface area contributed by atoms with Crippen molar-refractivity contribution in [2.24, 2.45) is 0 Å². The molecule has 4 nitrogen and oxygen atoms in total. The van der Waals surface area contributed by atoms with E-state index in [0.29, 0.717) is 6.04 Å². The van der Waals surface area contributed by atoms with Crippen LogP contribution in [0.25, 0.3) is 0 Å². The molecule has 2 saturated heterocycles. The largest absolute Gasteiger partial charge is 0.396 e. The van der Waals surface area contributed by atoms with Crippen molar-refractivity contribution >= 4 is 0 Å². The number of hydrogen-bond acceptors (Lipinski definition) is 4. The Balaban J connectivity index is 1.86. The van der Waals surface area contributed by atoms with Gasteiger partial charge in [0.2, 0.25) is 0 Å². The lowest BCUT2D eigenvalue weighted by Gasteiger charge is -2.37. The zero-order valence-corrected chi connectivity index (χ0v) is 9.23. The van der Waals surface area contributed by atoms with Crippen molar-refractivity contribution in [2.45, 2.75) is 38.0 Å². The Bertz CT molecular complexity index is 183. The minimum Gasteiger partial charge on any atom is -0.396 e. The van der Waals surface area contributed by atoms with Crippen molar-refractivity contribution < 1.29 is 14.6 Å². The number of ether oxygens (including phenoxy) is 2. The number of piperidine rings is 1. The van der Waals surface area contributed by atoms with Gasteiger partial charge in [-0.3, -0.25) is 4.90 Å². The minimum atomic E-state index is -0.0241. The van der Waals surface area contributed by atoms with E-state index in [-0.39, 0.29) is 12.9 Å². The fourth-order valence-corrected chi connectivity index (χ4v) is 2.48. The number of hydrogen-bond donors (Lipinski definition) is 1. The fraction of sp³-hybridized carbons (Fsp3) is 1.00. The maximum Gasteiger partial charge on any atom is 0.173 e. The SMILES string of the molecule is OCCCN1CCCCC1C1OCCO1. The van der Waals surface area contributed by atoms with E-state index in [2.05, 4.69) is 4.90 Å². The van der Waals surface area contributed by atoms with Gasteiger partial charge in [0.15, 0.2) is 6.29 Å². The molecule has 0 saturated carbocycles. The molecule has 0 spiro atoms. The molecule has 2 aliphatic heterocycles. The molecule has 0 bridgehead atoms. The molecule has 1 N–H and O–H groups in total. The van der Waals surface area contributed by atoms with E-state index < -0.39 is 0 Å². The highest BCUT2D eigenvalue weighted by Gasteiger charge is 2.33. The van der Waals surface area contributed by atoms with Gasteiger partial charge in [-0.25, -0.2) is 0 Å². The molecule has 0 aromatic rings. The average molecular weight is 215 g/mol. The van der Waals surface area contributed by atoms with Crippen LogP contribution in [0.15, 0.2) is 0 Å². The monoisotopic (exact) mass is 215 g/mol. The lowest BCUT2D eigenvalue weighted by molar-refractivity contribution is -0.109. The van der Waals surface area contributed by atoms with Crippen LogP contribution >= 0.6 is 0 Å². The first-order valence-corrected chi connectivity index (χ1v) is 6.00. The average Bonchev–Trinajstić information content (AvgIpc) is 2.80. The number of rotatable bonds is 4. The van der Waals surface area contributed by atoms with Crippen LogP contribution in [0.5, 0.6) is 0 Å². The quantitative estimate of drug-likeness (QED) is 0.745. The molecule has 15 heavy (non-hydrogen) atoms. The summed E-state index contributed by atoms with van der Waals surface area (Å²) in [4.78, 5) is 2.41. The highest BCUT2D eigenvalue weighted by molar-refractivity contribution is 4.81. The van der Waals surface area contributed by atoms with Crippen LogP contribution in [0.2, 0.25) is 0 Å². The third-order valence-corrected chi connectivity index (χ3v) is 3.23. The highest BCUT2D eigenvalue weighted by Crippen LogP contribution is 2.24. The Labute approximate surface area is 91.2 Å². The summed E-state index contributed by atoms with van der Waals surface area (Å²) in [5.41, 5.74) is 0. The first kappa shape index (κ1) is 11.3. The second-order valence-electron chi connectivity index (χ2n) is 4.29. The van der Waals surface area contributed by atoms with Crippen molar-refractivity contribution in [3.8, 4) is 0 Å². The van der Waals surface area contributed by atoms with Crippen molar-refractivity contribution in [2.75, 3.05) is 32.9 Å². The number of likely N-dealkylation sites (tertiary alicyclic amines) is 1. The summed E-state index contributed by atoms with van der Waals surface area (Å²) < 4.78 is 11.2. The molecule has 0 aromatic carbocycles. The minimum absolute atomic E-state index is 0.0241. The van der Waals surface area contributed by atoms with Crippen LogP contribution < -0.4 is 0 Å². The Morgan fingerprint density at radius 3 is 2.73 bits per heavy atom. The van der Waals surface area contributed by atoms with Crippen molar-refractivity contribution in [3.05, 3.63) is 0 Å². The topological polar surface area (TPSA) is 41.9 Å². The second kappa shape index (κ2) is 5.80. The predicted molar refractivity (Wildman–Crippen MR) is 56.6 cm³/mol. The molecule has 2 rings (SSSR count). The van der Waals surface area contributed by atoms with Gasteiger partial charge in [-0.2, -0.15) is 0 Å². The molecule has 0 aromatic heterocycles. The Hall–Kier alpha value is -0.160. The first-order valence-electron chi connectivity index (χ1n) is 6.00. The zero-order chi connectivity index (χ0) is 10.5. The van der Waals surface area contributed by atoms with Crippen molar-refractivity contribution in [1.82, 2.24) is 4.90 Å². The summed E-state index contributed by atoms with van der Waals surface area (Å²) in [6.07, 6.45) is 4.52. The lowest BCUT2D eigenvalue weighted by atomic mass is 10.0. The number of nitrogens with zero attached hydrogens (tertiary/aromatic N) is 1. The maximum atomic E-state index is 8.86. The van der Waals surface area contributed by atoms with E-state index in [0.717, 1.165) is 39.1 Å². The highest BCUT2D eigenvalue weighted by atomic mass is 16.7. The predicted octanol–water partition coefficient (Wildman–Crippen LogP) is 0.596. The van der Waals surface area contributed by atoms with Gasteiger partial charge >= 0.3 is 0 Å². The molecular formula is C11H21NO3. The summed E-state index contributed by atoms with van der Waals surface area (Å²) in [7, 11) is 0. The summed E-state index contributed by atoms with van der Waals surface area (Å²) >= 11 is 0. The summed E-state index contributed by atoms with van der Waals surface area (Å²) in [6, 6.07) is 0.410. The normalized spacial score (nSPS) is 29.8. The van der Waals surface area contributed by atoms with Crippen LogP contribution in [0, 0.1) is 0 Å². The van der Waals surface area contributed by atoms with Gasteiger partial charge < -0.3 is 14.6 Å². The van der Waals surface area contributed by atoms with Crippen LogP contribution in [0.4, 0.5) is 0 Å². The summed E-state index contributed by atoms with van der Waals surface area (Å²) in [5.74, 6) is 0. The standard InChI is InChI=1S/C11H21NO3/c13-7-3-6-12-5-2-1-4-10(12)11-14-8-9-15-11/h10-11,13H,1-9H2. The summed E-state index contributed by atoms with van der Waals surface area (Å²) in [6.45, 7) is 3.82. The molecule has 88 valence electrons. The molecule has 0 radical (unpaired) electrons. The Morgan fingerprint density at radius 1 is 1.20 bits per heavy atom. The number of aliphatic hydroxyl groups excluding tert-OH is 1. The molecule has 2 aliphatic rings. The number of aliphatic hydroxyl groups is 1. The van der Waals surface area contributed by atoms with Crippen molar-refractivity contribution in [3.63, 3.8) is 0 Å². The van der Waals surface area contributed by atoms with Gasteiger partial charge in [0, 0.05) is 13.2 Å². The van der Waals surface area contributed by atoms with E-state index in [4.69, 9.17) is 14.6 Å². The molecule has 2 fully saturated rings. The third-order valence-electron chi connectivity index (χ3n) is 3.23. The van der Waals surface area contributed by atoms with Crippen LogP contribution in [0.1, 0.15) is 25.7 Å². The van der Waals surface area contributed by atoms with E-state index in [1.807, 2.05) is 0 Å². The van der Waals surface area contributed by atoms with Crippen molar-refractivity contribution in [1.29, 1.82) is 0 Å². The van der Waals surface area contributed by atoms with E-state index in [1.54, 1.807) is 0 Å². The van der Waals surface area contributed by atoms with Gasteiger partial charge in [0.05, 0.1) is 19.3 Å². The molecule has 0 aliphatic carbocycles. The molecule has 1 unspecified atom stereocenters. The van der Waals surface area contributed by atoms with Gasteiger partial charge in [0.1, 0.15) is 0 Å². The van der Waals surface area contributed by atoms with E-state index in [1.165, 1.54) is 12.8 Å².